The van der Waals surface area contributed by atoms with Crippen LogP contribution in [0.25, 0.3) is 0 Å². The first-order chi connectivity index (χ1) is 8.90. The number of nitrogens with two attached hydrogens (primary N) is 1. The second-order valence-corrected chi connectivity index (χ2v) is 5.27. The second-order valence-electron chi connectivity index (χ2n) is 4.15. The number of aromatic nitrogens is 1. The van der Waals surface area contributed by atoms with Crippen LogP contribution in [-0.2, 0) is 19.0 Å². The van der Waals surface area contributed by atoms with Gasteiger partial charge in [-0.15, -0.1) is 11.3 Å². The lowest BCUT2D eigenvalue weighted by Gasteiger charge is -2.08. The van der Waals surface area contributed by atoms with Crippen LogP contribution in [0.1, 0.15) is 28.6 Å². The number of nitrogen functional groups attached to an aromatic ring is 1. The predicted molar refractivity (Wildman–Crippen MR) is 70.2 cm³/mol. The monoisotopic (exact) mass is 286 g/mol. The SMILES string of the molecule is CCc1nc(N)sc1Cc1cccc(C(F)(F)F)c1. The van der Waals surface area contributed by atoms with Gasteiger partial charge in [-0.3, -0.25) is 0 Å². The highest BCUT2D eigenvalue weighted by atomic mass is 32.1. The Morgan fingerprint density at radius 3 is 2.68 bits per heavy atom. The molecular weight excluding hydrogens is 273 g/mol. The van der Waals surface area contributed by atoms with Crippen LogP contribution in [0.3, 0.4) is 0 Å². The molecule has 0 bridgehead atoms. The number of thiazole rings is 1. The minimum atomic E-state index is -4.31. The Morgan fingerprint density at radius 1 is 1.32 bits per heavy atom. The fourth-order valence-electron chi connectivity index (χ4n) is 1.86. The number of hydrogen-bond acceptors (Lipinski definition) is 3. The Kier molecular flexibility index (Phi) is 3.80. The van der Waals surface area contributed by atoms with Gasteiger partial charge in [0, 0.05) is 11.3 Å². The lowest BCUT2D eigenvalue weighted by molar-refractivity contribution is -0.137. The molecule has 6 heteroatoms. The molecule has 0 aliphatic carbocycles. The van der Waals surface area contributed by atoms with Gasteiger partial charge >= 0.3 is 6.18 Å². The van der Waals surface area contributed by atoms with Gasteiger partial charge in [0.2, 0.25) is 0 Å². The number of nitrogens with zero attached hydrogens (tertiary/aromatic N) is 1. The zero-order valence-corrected chi connectivity index (χ0v) is 11.1. The third-order valence-corrected chi connectivity index (χ3v) is 3.68. The van der Waals surface area contributed by atoms with Crippen molar-refractivity contribution in [1.82, 2.24) is 4.98 Å². The summed E-state index contributed by atoms with van der Waals surface area (Å²) in [5.41, 5.74) is 6.49. The maximum absolute atomic E-state index is 12.6. The number of rotatable bonds is 3. The van der Waals surface area contributed by atoms with E-state index in [4.69, 9.17) is 5.73 Å². The van der Waals surface area contributed by atoms with Crippen LogP contribution in [0.2, 0.25) is 0 Å². The number of aryl methyl sites for hydroxylation is 1. The largest absolute Gasteiger partial charge is 0.416 e. The van der Waals surface area contributed by atoms with Crippen molar-refractivity contribution in [1.29, 1.82) is 0 Å². The maximum Gasteiger partial charge on any atom is 0.416 e. The van der Waals surface area contributed by atoms with E-state index < -0.39 is 11.7 Å². The highest BCUT2D eigenvalue weighted by molar-refractivity contribution is 7.15. The van der Waals surface area contributed by atoms with Crippen LogP contribution in [0.5, 0.6) is 0 Å². The molecule has 0 aliphatic heterocycles. The van der Waals surface area contributed by atoms with Crippen molar-refractivity contribution < 1.29 is 13.2 Å². The lowest BCUT2D eigenvalue weighted by Crippen LogP contribution is -2.05. The molecule has 0 radical (unpaired) electrons. The zero-order chi connectivity index (χ0) is 14.0. The summed E-state index contributed by atoms with van der Waals surface area (Å²) in [6.45, 7) is 1.95. The second kappa shape index (κ2) is 5.21. The maximum atomic E-state index is 12.6. The standard InChI is InChI=1S/C13H13F3N2S/c1-2-10-11(19-12(17)18-10)7-8-4-3-5-9(6-8)13(14,15)16/h3-6H,2,7H2,1H3,(H2,17,18). The Bertz CT molecular complexity index is 576. The molecule has 1 aromatic heterocycles. The smallest absolute Gasteiger partial charge is 0.375 e. The summed E-state index contributed by atoms with van der Waals surface area (Å²) in [5.74, 6) is 0. The topological polar surface area (TPSA) is 38.9 Å². The van der Waals surface area contributed by atoms with E-state index in [2.05, 4.69) is 4.98 Å². The third kappa shape index (κ3) is 3.26. The van der Waals surface area contributed by atoms with E-state index >= 15 is 0 Å². The van der Waals surface area contributed by atoms with Gasteiger partial charge in [-0.25, -0.2) is 4.98 Å². The molecule has 0 saturated carbocycles. The Labute approximate surface area is 113 Å². The summed E-state index contributed by atoms with van der Waals surface area (Å²) in [7, 11) is 0. The molecule has 1 heterocycles. The first-order valence-corrected chi connectivity index (χ1v) is 6.62. The molecule has 102 valence electrons. The lowest BCUT2D eigenvalue weighted by atomic mass is 10.1. The molecule has 0 unspecified atom stereocenters. The highest BCUT2D eigenvalue weighted by Gasteiger charge is 2.30. The number of benzene rings is 1. The fourth-order valence-corrected chi connectivity index (χ4v) is 2.82. The molecular formula is C13H13F3N2S. The van der Waals surface area contributed by atoms with Crippen LogP contribution in [0.15, 0.2) is 24.3 Å². The van der Waals surface area contributed by atoms with Gasteiger partial charge in [-0.2, -0.15) is 13.2 Å². The van der Waals surface area contributed by atoms with Crippen molar-refractivity contribution in [3.63, 3.8) is 0 Å². The summed E-state index contributed by atoms with van der Waals surface area (Å²) in [6.07, 6.45) is -3.15. The van der Waals surface area contributed by atoms with Crippen molar-refractivity contribution in [3.8, 4) is 0 Å². The fraction of sp³-hybridized carbons (Fsp3) is 0.308. The van der Waals surface area contributed by atoms with Gasteiger partial charge in [0.15, 0.2) is 5.13 Å². The summed E-state index contributed by atoms with van der Waals surface area (Å²) in [4.78, 5) is 5.10. The van der Waals surface area contributed by atoms with E-state index in [0.717, 1.165) is 23.1 Å². The van der Waals surface area contributed by atoms with Gasteiger partial charge in [-0.1, -0.05) is 25.1 Å². The van der Waals surface area contributed by atoms with Gasteiger partial charge in [-0.05, 0) is 18.1 Å². The van der Waals surface area contributed by atoms with E-state index in [0.29, 0.717) is 17.1 Å². The minimum absolute atomic E-state index is 0.432. The van der Waals surface area contributed by atoms with Gasteiger partial charge < -0.3 is 5.73 Å². The van der Waals surface area contributed by atoms with Crippen LogP contribution in [-0.4, -0.2) is 4.98 Å². The molecule has 2 nitrogen and oxygen atoms in total. The molecule has 2 aromatic rings. The van der Waals surface area contributed by atoms with E-state index in [1.807, 2.05) is 6.92 Å². The molecule has 19 heavy (non-hydrogen) atoms. The van der Waals surface area contributed by atoms with Crippen LogP contribution in [0.4, 0.5) is 18.3 Å². The van der Waals surface area contributed by atoms with E-state index in [-0.39, 0.29) is 0 Å². The third-order valence-electron chi connectivity index (χ3n) is 2.75. The first-order valence-electron chi connectivity index (χ1n) is 5.80. The van der Waals surface area contributed by atoms with Gasteiger partial charge in [0.25, 0.3) is 0 Å². The molecule has 0 saturated heterocycles. The van der Waals surface area contributed by atoms with Crippen molar-refractivity contribution in [2.75, 3.05) is 5.73 Å². The van der Waals surface area contributed by atoms with Crippen molar-refractivity contribution in [2.24, 2.45) is 0 Å². The summed E-state index contributed by atoms with van der Waals surface area (Å²) < 4.78 is 37.9. The van der Waals surface area contributed by atoms with Gasteiger partial charge in [0.1, 0.15) is 0 Å². The van der Waals surface area contributed by atoms with Crippen molar-refractivity contribution >= 4 is 16.5 Å². The molecule has 2 rings (SSSR count). The molecule has 0 atom stereocenters. The molecule has 1 aromatic carbocycles. The predicted octanol–water partition coefficient (Wildman–Crippen LogP) is 3.90. The Morgan fingerprint density at radius 2 is 2.05 bits per heavy atom. The number of hydrogen-bond donors (Lipinski definition) is 1. The summed E-state index contributed by atoms with van der Waals surface area (Å²) in [5, 5.41) is 0.457. The van der Waals surface area contributed by atoms with E-state index in [9.17, 15) is 13.2 Å². The number of halogens is 3. The molecule has 0 spiro atoms. The van der Waals surface area contributed by atoms with Gasteiger partial charge in [0.05, 0.1) is 11.3 Å². The Hall–Kier alpha value is -1.56. The van der Waals surface area contributed by atoms with E-state index in [1.165, 1.54) is 23.5 Å². The Balaban J connectivity index is 2.28. The molecule has 0 fully saturated rings. The highest BCUT2D eigenvalue weighted by Crippen LogP contribution is 2.31. The zero-order valence-electron chi connectivity index (χ0n) is 10.3. The average Bonchev–Trinajstić information content (AvgIpc) is 2.69. The molecule has 0 amide bonds. The summed E-state index contributed by atoms with van der Waals surface area (Å²) in [6, 6.07) is 5.36. The van der Waals surface area contributed by atoms with Crippen molar-refractivity contribution in [2.45, 2.75) is 25.9 Å². The van der Waals surface area contributed by atoms with Crippen LogP contribution >= 0.6 is 11.3 Å². The quantitative estimate of drug-likeness (QED) is 0.929. The molecule has 0 aliphatic rings. The van der Waals surface area contributed by atoms with Crippen molar-refractivity contribution in [3.05, 3.63) is 46.0 Å². The first kappa shape index (κ1) is 13.9. The number of anilines is 1. The summed E-state index contributed by atoms with van der Waals surface area (Å²) >= 11 is 1.33. The molecule has 2 N–H and O–H groups in total. The normalized spacial score (nSPS) is 11.8. The van der Waals surface area contributed by atoms with E-state index in [1.54, 1.807) is 6.07 Å². The van der Waals surface area contributed by atoms with Crippen LogP contribution in [0, 0.1) is 0 Å². The number of alkyl halides is 3. The average molecular weight is 286 g/mol. The van der Waals surface area contributed by atoms with Crippen LogP contribution < -0.4 is 5.73 Å². The minimum Gasteiger partial charge on any atom is -0.375 e.